The highest BCUT2D eigenvalue weighted by Crippen LogP contribution is 2.16. The predicted octanol–water partition coefficient (Wildman–Crippen LogP) is 2.34. The Labute approximate surface area is 188 Å². The number of halogens is 2. The molecule has 0 heterocycles. The van der Waals surface area contributed by atoms with E-state index in [2.05, 4.69) is 11.9 Å². The Morgan fingerprint density at radius 3 is 2.41 bits per heavy atom. The number of ether oxygens (including phenoxy) is 1. The summed E-state index contributed by atoms with van der Waals surface area (Å²) in [6.45, 7) is 5.54. The molecule has 0 rings (SSSR count). The number of methoxy groups -OCH3 is 1. The van der Waals surface area contributed by atoms with Gasteiger partial charge in [-0.2, -0.15) is 0 Å². The number of amides is 2. The smallest absolute Gasteiger partial charge is 0.271 e. The molecule has 0 saturated heterocycles. The minimum absolute atomic E-state index is 0.0418. The van der Waals surface area contributed by atoms with Gasteiger partial charge in [-0.05, 0) is 19.8 Å². The summed E-state index contributed by atoms with van der Waals surface area (Å²) >= 11 is 0. The quantitative estimate of drug-likeness (QED) is 0.176. The predicted molar refractivity (Wildman–Crippen MR) is 119 cm³/mol. The molecule has 0 aromatic heterocycles. The van der Waals surface area contributed by atoms with E-state index < -0.39 is 23.6 Å². The second-order valence-electron chi connectivity index (χ2n) is 7.22. The number of carbonyl (C=O) groups is 3. The summed E-state index contributed by atoms with van der Waals surface area (Å²) in [5.41, 5.74) is 0.245. The summed E-state index contributed by atoms with van der Waals surface area (Å²) in [7, 11) is 6.45. The number of aldehydes is 1. The lowest BCUT2D eigenvalue weighted by atomic mass is 10.0. The van der Waals surface area contributed by atoms with Gasteiger partial charge in [0, 0.05) is 71.7 Å². The maximum Gasteiger partial charge on any atom is 0.271 e. The Hall–Kier alpha value is -2.85. The molecule has 1 atom stereocenters. The zero-order chi connectivity index (χ0) is 24.7. The molecule has 0 spiro atoms. The van der Waals surface area contributed by atoms with Crippen LogP contribution in [0.5, 0.6) is 0 Å². The van der Waals surface area contributed by atoms with Crippen LogP contribution in [0.4, 0.5) is 8.78 Å². The van der Waals surface area contributed by atoms with Crippen LogP contribution in [0.2, 0.25) is 0 Å². The van der Waals surface area contributed by atoms with Gasteiger partial charge >= 0.3 is 0 Å². The van der Waals surface area contributed by atoms with Crippen molar-refractivity contribution in [2.24, 2.45) is 5.92 Å². The van der Waals surface area contributed by atoms with Crippen molar-refractivity contribution in [3.05, 3.63) is 48.4 Å². The van der Waals surface area contributed by atoms with Gasteiger partial charge in [-0.15, -0.1) is 0 Å². The van der Waals surface area contributed by atoms with Crippen LogP contribution in [0.25, 0.3) is 0 Å². The molecule has 0 aliphatic carbocycles. The van der Waals surface area contributed by atoms with Gasteiger partial charge in [-0.25, -0.2) is 13.8 Å². The summed E-state index contributed by atoms with van der Waals surface area (Å²) in [5.74, 6) is -2.37. The molecule has 0 bridgehead atoms. The Bertz CT molecular complexity index is 735. The number of likely N-dealkylation sites (N-methyl/N-ethyl adjacent to an activating group) is 1. The third kappa shape index (κ3) is 10.5. The van der Waals surface area contributed by atoms with Crippen molar-refractivity contribution in [3.8, 4) is 0 Å². The fraction of sp³-hybridized carbons (Fsp3) is 0.500. The van der Waals surface area contributed by atoms with E-state index in [-0.39, 0.29) is 24.2 Å². The van der Waals surface area contributed by atoms with E-state index in [1.54, 1.807) is 28.3 Å². The molecule has 0 aliphatic heterocycles. The Morgan fingerprint density at radius 2 is 1.91 bits per heavy atom. The molecule has 180 valence electrons. The lowest BCUT2D eigenvalue weighted by molar-refractivity contribution is -0.129. The van der Waals surface area contributed by atoms with Crippen LogP contribution in [-0.4, -0.2) is 81.0 Å². The van der Waals surface area contributed by atoms with E-state index >= 15 is 0 Å². The summed E-state index contributed by atoms with van der Waals surface area (Å²) in [6.07, 6.45) is 5.12. The second kappa shape index (κ2) is 15.9. The highest BCUT2D eigenvalue weighted by atomic mass is 19.1. The fourth-order valence-corrected chi connectivity index (χ4v) is 2.59. The van der Waals surface area contributed by atoms with Crippen molar-refractivity contribution < 1.29 is 27.9 Å². The van der Waals surface area contributed by atoms with Crippen LogP contribution in [0.1, 0.15) is 19.8 Å². The molecule has 0 aliphatic rings. The molecule has 0 radical (unpaired) electrons. The van der Waals surface area contributed by atoms with Crippen LogP contribution < -0.4 is 5.32 Å². The third-order valence-electron chi connectivity index (χ3n) is 4.45. The molecule has 10 heteroatoms. The monoisotopic (exact) mass is 456 g/mol. The second-order valence-corrected chi connectivity index (χ2v) is 7.22. The van der Waals surface area contributed by atoms with Gasteiger partial charge in [-0.3, -0.25) is 19.4 Å². The van der Waals surface area contributed by atoms with Crippen LogP contribution in [0.3, 0.4) is 0 Å². The highest BCUT2D eigenvalue weighted by molar-refractivity contribution is 5.97. The molecular formula is C22H34F2N4O4. The standard InChI is InChI=1S/C22H34F2N4O4/c1-17(21(30)25-15-19(18(2)24)9-7-11-23)16-28(26(3)4)20(10-13-29)22(31)27(5)12-8-14-32-6/h7,10-11,13,16,19H,2,8-9,12,14-15H2,1,3-6H3,(H,25,30)/b11-7+,17-16+,20-10-. The van der Waals surface area contributed by atoms with Gasteiger partial charge in [0.05, 0.1) is 12.2 Å². The molecule has 1 unspecified atom stereocenters. The van der Waals surface area contributed by atoms with Gasteiger partial charge in [-0.1, -0.05) is 12.7 Å². The number of nitrogens with one attached hydrogen (secondary N) is 1. The Balaban J connectivity index is 5.52. The van der Waals surface area contributed by atoms with Gasteiger partial charge in [0.1, 0.15) is 12.0 Å². The first-order chi connectivity index (χ1) is 15.1. The van der Waals surface area contributed by atoms with Gasteiger partial charge in [0.25, 0.3) is 5.91 Å². The van der Waals surface area contributed by atoms with Crippen LogP contribution in [-0.2, 0) is 19.1 Å². The SMILES string of the molecule is C=C(F)C(C/C=C/F)CNC(=O)/C(C)=C/N(/C(=C\C=O)C(=O)N(C)CCCOC)N(C)C. The molecule has 0 fully saturated rings. The van der Waals surface area contributed by atoms with Crippen LogP contribution in [0, 0.1) is 5.92 Å². The minimum Gasteiger partial charge on any atom is -0.385 e. The van der Waals surface area contributed by atoms with Crippen molar-refractivity contribution in [2.45, 2.75) is 19.8 Å². The first-order valence-corrected chi connectivity index (χ1v) is 10.0. The number of allylic oxidation sites excluding steroid dienone is 2. The number of carbonyl (C=O) groups excluding carboxylic acids is 3. The van der Waals surface area contributed by atoms with E-state index in [0.29, 0.717) is 32.2 Å². The molecule has 2 amide bonds. The van der Waals surface area contributed by atoms with Crippen molar-refractivity contribution in [3.63, 3.8) is 0 Å². The summed E-state index contributed by atoms with van der Waals surface area (Å²) in [6, 6.07) is 0. The van der Waals surface area contributed by atoms with E-state index in [4.69, 9.17) is 4.74 Å². The molecule has 0 aromatic carbocycles. The average molecular weight is 457 g/mol. The Morgan fingerprint density at radius 1 is 1.25 bits per heavy atom. The maximum atomic E-state index is 13.5. The highest BCUT2D eigenvalue weighted by Gasteiger charge is 2.22. The van der Waals surface area contributed by atoms with Gasteiger partial charge < -0.3 is 15.0 Å². The topological polar surface area (TPSA) is 82.2 Å². The number of rotatable bonds is 15. The van der Waals surface area contributed by atoms with Gasteiger partial charge in [0.2, 0.25) is 5.91 Å². The third-order valence-corrected chi connectivity index (χ3v) is 4.45. The van der Waals surface area contributed by atoms with Gasteiger partial charge in [0.15, 0.2) is 0 Å². The van der Waals surface area contributed by atoms with Crippen LogP contribution in [0.15, 0.2) is 48.4 Å². The number of hydrazine groups is 1. The molecular weight excluding hydrogens is 422 g/mol. The van der Waals surface area contributed by atoms with Crippen LogP contribution >= 0.6 is 0 Å². The number of hydrogen-bond acceptors (Lipinski definition) is 6. The lowest BCUT2D eigenvalue weighted by Gasteiger charge is -2.31. The van der Waals surface area contributed by atoms with Crippen molar-refractivity contribution in [1.82, 2.24) is 20.2 Å². The molecule has 1 N–H and O–H groups in total. The van der Waals surface area contributed by atoms with Crippen molar-refractivity contribution >= 4 is 18.1 Å². The number of hydrogen-bond donors (Lipinski definition) is 1. The minimum atomic E-state index is -0.767. The molecule has 8 nitrogen and oxygen atoms in total. The average Bonchev–Trinajstić information content (AvgIpc) is 2.74. The maximum absolute atomic E-state index is 13.5. The lowest BCUT2D eigenvalue weighted by Crippen LogP contribution is -2.41. The fourth-order valence-electron chi connectivity index (χ4n) is 2.59. The summed E-state index contributed by atoms with van der Waals surface area (Å²) < 4.78 is 30.7. The van der Waals surface area contributed by atoms with Crippen molar-refractivity contribution in [2.75, 3.05) is 47.9 Å². The first kappa shape index (κ1) is 29.1. The summed E-state index contributed by atoms with van der Waals surface area (Å²) in [5, 5.41) is 5.47. The molecule has 0 saturated carbocycles. The normalized spacial score (nSPS) is 13.2. The number of nitrogens with zero attached hydrogens (tertiary/aromatic N) is 3. The summed E-state index contributed by atoms with van der Waals surface area (Å²) in [4.78, 5) is 38.0. The molecule has 0 aromatic rings. The zero-order valence-corrected chi connectivity index (χ0v) is 19.4. The zero-order valence-electron chi connectivity index (χ0n) is 19.4. The first-order valence-electron chi connectivity index (χ1n) is 10.0. The Kier molecular flexibility index (Phi) is 14.5. The van der Waals surface area contributed by atoms with E-state index in [9.17, 15) is 23.2 Å². The van der Waals surface area contributed by atoms with E-state index in [1.165, 1.54) is 28.0 Å². The van der Waals surface area contributed by atoms with E-state index in [0.717, 1.165) is 12.2 Å². The largest absolute Gasteiger partial charge is 0.385 e. The van der Waals surface area contributed by atoms with E-state index in [1.807, 2.05) is 0 Å². The molecule has 32 heavy (non-hydrogen) atoms. The van der Waals surface area contributed by atoms with Crippen molar-refractivity contribution in [1.29, 1.82) is 0 Å².